The fourth-order valence-electron chi connectivity index (χ4n) is 4.77. The topological polar surface area (TPSA) is 29.3 Å². The van der Waals surface area contributed by atoms with Crippen molar-refractivity contribution in [1.29, 1.82) is 0 Å². The number of fused-ring (bicyclic) bond motifs is 2. The van der Waals surface area contributed by atoms with E-state index in [1.807, 2.05) is 0 Å². The van der Waals surface area contributed by atoms with Gasteiger partial charge in [-0.15, -0.1) is 0 Å². The molecule has 1 aromatic carbocycles. The zero-order chi connectivity index (χ0) is 15.8. The summed E-state index contributed by atoms with van der Waals surface area (Å²) in [6, 6.07) is 11.5. The van der Waals surface area contributed by atoms with Gasteiger partial charge in [-0.05, 0) is 68.1 Å². The molecule has 2 heteroatoms. The van der Waals surface area contributed by atoms with Crippen molar-refractivity contribution in [3.63, 3.8) is 0 Å². The summed E-state index contributed by atoms with van der Waals surface area (Å²) in [6.45, 7) is 2.42. The minimum absolute atomic E-state index is 0.617. The molecule has 23 heavy (non-hydrogen) atoms. The zero-order valence-electron chi connectivity index (χ0n) is 14.2. The number of piperidine rings is 1. The molecule has 1 heterocycles. The van der Waals surface area contributed by atoms with Gasteiger partial charge in [-0.3, -0.25) is 0 Å². The van der Waals surface area contributed by atoms with Gasteiger partial charge in [-0.2, -0.15) is 0 Å². The van der Waals surface area contributed by atoms with Crippen LogP contribution < -0.4 is 10.6 Å². The number of nitrogens with two attached hydrogens (primary N) is 1. The number of allylic oxidation sites excluding steroid dienone is 3. The van der Waals surface area contributed by atoms with Gasteiger partial charge in [0.15, 0.2) is 0 Å². The highest BCUT2D eigenvalue weighted by Gasteiger charge is 2.39. The quantitative estimate of drug-likeness (QED) is 0.792. The van der Waals surface area contributed by atoms with Crippen LogP contribution in [0.1, 0.15) is 51.9 Å². The van der Waals surface area contributed by atoms with Crippen LogP contribution >= 0.6 is 0 Å². The van der Waals surface area contributed by atoms with Gasteiger partial charge in [0.05, 0.1) is 5.70 Å². The average Bonchev–Trinajstić information content (AvgIpc) is 2.76. The molecule has 122 valence electrons. The van der Waals surface area contributed by atoms with Crippen LogP contribution in [0.4, 0.5) is 5.69 Å². The second-order valence-electron chi connectivity index (χ2n) is 7.64. The second-order valence-corrected chi connectivity index (χ2v) is 7.64. The largest absolute Gasteiger partial charge is 0.400 e. The molecule has 0 amide bonds. The maximum absolute atomic E-state index is 6.50. The number of benzene rings is 1. The van der Waals surface area contributed by atoms with Crippen LogP contribution in [0.3, 0.4) is 0 Å². The lowest BCUT2D eigenvalue weighted by atomic mass is 9.78. The minimum Gasteiger partial charge on any atom is -0.400 e. The molecule has 1 saturated heterocycles. The first-order valence-corrected chi connectivity index (χ1v) is 9.26. The smallest absolute Gasteiger partial charge is 0.0633 e. The van der Waals surface area contributed by atoms with E-state index in [4.69, 9.17) is 5.73 Å². The Bertz CT molecular complexity index is 629. The molecule has 2 aliphatic carbocycles. The van der Waals surface area contributed by atoms with Crippen molar-refractivity contribution >= 4 is 5.69 Å². The molecule has 2 nitrogen and oxygen atoms in total. The number of nitrogens with zero attached hydrogens (tertiary/aromatic N) is 1. The molecule has 0 aromatic heterocycles. The highest BCUT2D eigenvalue weighted by Crippen LogP contribution is 2.46. The predicted octanol–water partition coefficient (Wildman–Crippen LogP) is 4.98. The number of para-hydroxylation sites is 1. The van der Waals surface area contributed by atoms with Crippen molar-refractivity contribution in [2.24, 2.45) is 17.6 Å². The Balaban J connectivity index is 1.80. The zero-order valence-corrected chi connectivity index (χ0v) is 14.2. The van der Waals surface area contributed by atoms with Gasteiger partial charge in [-0.25, -0.2) is 0 Å². The standard InChI is InChI=1S/C21H28N2/c1-15-10-12-16-14-17-6-5-9-19(22)21(17)23(20(16)13-11-15)18-7-3-2-4-8-18/h2-4,6-8,15-16,20H,5,9-14,22H2,1H3. The van der Waals surface area contributed by atoms with Gasteiger partial charge < -0.3 is 10.6 Å². The maximum Gasteiger partial charge on any atom is 0.0633 e. The molecular formula is C21H28N2. The molecule has 3 aliphatic rings. The van der Waals surface area contributed by atoms with Crippen LogP contribution in [0.15, 0.2) is 53.4 Å². The summed E-state index contributed by atoms with van der Waals surface area (Å²) in [4.78, 5) is 2.60. The van der Waals surface area contributed by atoms with Gasteiger partial charge in [0.1, 0.15) is 0 Å². The summed E-state index contributed by atoms with van der Waals surface area (Å²) in [5.74, 6) is 1.64. The van der Waals surface area contributed by atoms with Gasteiger partial charge >= 0.3 is 0 Å². The third kappa shape index (κ3) is 2.69. The SMILES string of the molecule is CC1CCC2CC3=CCCC(N)=C3N(c3ccccc3)C2CC1. The third-order valence-electron chi connectivity index (χ3n) is 6.03. The summed E-state index contributed by atoms with van der Waals surface area (Å²) < 4.78 is 0. The Labute approximate surface area is 140 Å². The normalized spacial score (nSPS) is 31.1. The average molecular weight is 308 g/mol. The van der Waals surface area contributed by atoms with Gasteiger partial charge in [0.2, 0.25) is 0 Å². The van der Waals surface area contributed by atoms with Crippen LogP contribution in [-0.4, -0.2) is 6.04 Å². The lowest BCUT2D eigenvalue weighted by molar-refractivity contribution is 0.359. The minimum atomic E-state index is 0.617. The van der Waals surface area contributed by atoms with E-state index in [-0.39, 0.29) is 0 Å². The molecule has 3 atom stereocenters. The van der Waals surface area contributed by atoms with Crippen LogP contribution in [-0.2, 0) is 0 Å². The van der Waals surface area contributed by atoms with E-state index in [2.05, 4.69) is 48.2 Å². The number of hydrogen-bond donors (Lipinski definition) is 1. The van der Waals surface area contributed by atoms with Gasteiger partial charge in [-0.1, -0.05) is 37.6 Å². The molecule has 2 fully saturated rings. The van der Waals surface area contributed by atoms with E-state index in [0.29, 0.717) is 6.04 Å². The molecule has 2 N–H and O–H groups in total. The Kier molecular flexibility index (Phi) is 3.92. The summed E-state index contributed by atoms with van der Waals surface area (Å²) >= 11 is 0. The molecule has 1 aromatic rings. The van der Waals surface area contributed by atoms with Crippen molar-refractivity contribution in [3.8, 4) is 0 Å². The molecule has 1 aliphatic heterocycles. The Morgan fingerprint density at radius 3 is 2.65 bits per heavy atom. The Hall–Kier alpha value is -1.70. The number of anilines is 1. The Morgan fingerprint density at radius 2 is 1.83 bits per heavy atom. The Morgan fingerprint density at radius 1 is 1.04 bits per heavy atom. The van der Waals surface area contributed by atoms with Crippen LogP contribution in [0, 0.1) is 11.8 Å². The van der Waals surface area contributed by atoms with Crippen molar-refractivity contribution in [2.75, 3.05) is 4.90 Å². The van der Waals surface area contributed by atoms with E-state index < -0.39 is 0 Å². The lowest BCUT2D eigenvalue weighted by Gasteiger charge is -2.46. The highest BCUT2D eigenvalue weighted by atomic mass is 15.2. The predicted molar refractivity (Wildman–Crippen MR) is 97.0 cm³/mol. The third-order valence-corrected chi connectivity index (χ3v) is 6.03. The molecule has 1 saturated carbocycles. The monoisotopic (exact) mass is 308 g/mol. The molecule has 4 rings (SSSR count). The molecule has 0 radical (unpaired) electrons. The van der Waals surface area contributed by atoms with E-state index in [9.17, 15) is 0 Å². The molecule has 0 spiro atoms. The molecule has 3 unspecified atom stereocenters. The maximum atomic E-state index is 6.50. The van der Waals surface area contributed by atoms with E-state index in [1.54, 1.807) is 0 Å². The second kappa shape index (κ2) is 6.07. The summed E-state index contributed by atoms with van der Waals surface area (Å²) in [5.41, 5.74) is 11.8. The van der Waals surface area contributed by atoms with Crippen LogP contribution in [0.5, 0.6) is 0 Å². The van der Waals surface area contributed by atoms with Gasteiger partial charge in [0, 0.05) is 17.4 Å². The van der Waals surface area contributed by atoms with Crippen LogP contribution in [0.2, 0.25) is 0 Å². The van der Waals surface area contributed by atoms with Crippen LogP contribution in [0.25, 0.3) is 0 Å². The summed E-state index contributed by atoms with van der Waals surface area (Å²) in [6.07, 6.45) is 11.2. The lowest BCUT2D eigenvalue weighted by Crippen LogP contribution is -2.46. The summed E-state index contributed by atoms with van der Waals surface area (Å²) in [7, 11) is 0. The number of rotatable bonds is 1. The first kappa shape index (κ1) is 14.9. The van der Waals surface area contributed by atoms with Crippen molar-refractivity contribution in [3.05, 3.63) is 53.4 Å². The van der Waals surface area contributed by atoms with E-state index >= 15 is 0 Å². The molecular weight excluding hydrogens is 280 g/mol. The van der Waals surface area contributed by atoms with Crippen molar-refractivity contribution < 1.29 is 0 Å². The van der Waals surface area contributed by atoms with E-state index in [1.165, 1.54) is 49.1 Å². The first-order valence-electron chi connectivity index (χ1n) is 9.26. The fraction of sp³-hybridized carbons (Fsp3) is 0.524. The molecule has 0 bridgehead atoms. The fourth-order valence-corrected chi connectivity index (χ4v) is 4.77. The van der Waals surface area contributed by atoms with Crippen molar-refractivity contribution in [2.45, 2.75) is 57.9 Å². The first-order chi connectivity index (χ1) is 11.2. The highest BCUT2D eigenvalue weighted by molar-refractivity contribution is 5.61. The number of hydrogen-bond acceptors (Lipinski definition) is 2. The van der Waals surface area contributed by atoms with Gasteiger partial charge in [0.25, 0.3) is 0 Å². The summed E-state index contributed by atoms with van der Waals surface area (Å²) in [5, 5.41) is 0. The van der Waals surface area contributed by atoms with E-state index in [0.717, 1.165) is 30.4 Å². The van der Waals surface area contributed by atoms with Crippen molar-refractivity contribution in [1.82, 2.24) is 0 Å².